The summed E-state index contributed by atoms with van der Waals surface area (Å²) in [6, 6.07) is 8.12. The zero-order chi connectivity index (χ0) is 15.7. The third-order valence-electron chi connectivity index (χ3n) is 4.30. The van der Waals surface area contributed by atoms with Crippen molar-refractivity contribution in [1.82, 2.24) is 0 Å². The van der Waals surface area contributed by atoms with E-state index in [0.717, 1.165) is 16.6 Å². The average molecular weight is 302 g/mol. The van der Waals surface area contributed by atoms with Gasteiger partial charge in [-0.3, -0.25) is 0 Å². The molecule has 1 aromatic carbocycles. The van der Waals surface area contributed by atoms with E-state index in [1.165, 1.54) is 0 Å². The second-order valence-corrected chi connectivity index (χ2v) is 6.61. The minimum atomic E-state index is -0.356. The molecule has 0 amide bonds. The Hall–Kier alpha value is -0.965. The van der Waals surface area contributed by atoms with Gasteiger partial charge >= 0.3 is 7.12 Å². The van der Waals surface area contributed by atoms with Gasteiger partial charge in [0.15, 0.2) is 0 Å². The molecule has 1 aliphatic rings. The standard InChI is InChI=1S/C17H23BO2S/c1-6-13-9-7-8-10-14(13)11-15(12-21)18-19-16(2,3)17(4,5)20-18/h6-11,21H,1,12H2,2-5H3. The molecule has 0 aromatic heterocycles. The fraction of sp³-hybridized carbons (Fsp3) is 0.412. The van der Waals surface area contributed by atoms with Gasteiger partial charge in [-0.15, -0.1) is 0 Å². The second-order valence-electron chi connectivity index (χ2n) is 6.30. The van der Waals surface area contributed by atoms with Crippen LogP contribution < -0.4 is 0 Å². The molecule has 0 saturated carbocycles. The van der Waals surface area contributed by atoms with E-state index in [9.17, 15) is 0 Å². The molecule has 4 heteroatoms. The number of benzene rings is 1. The number of rotatable bonds is 4. The molecule has 2 nitrogen and oxygen atoms in total. The third kappa shape index (κ3) is 3.28. The molecule has 1 aromatic rings. The van der Waals surface area contributed by atoms with Crippen LogP contribution in [-0.2, 0) is 9.31 Å². The number of hydrogen-bond donors (Lipinski definition) is 1. The molecule has 0 aliphatic carbocycles. The molecule has 1 heterocycles. The zero-order valence-corrected chi connectivity index (χ0v) is 14.1. The quantitative estimate of drug-likeness (QED) is 0.661. The van der Waals surface area contributed by atoms with Crippen LogP contribution in [0.5, 0.6) is 0 Å². The molecule has 1 fully saturated rings. The molecule has 21 heavy (non-hydrogen) atoms. The van der Waals surface area contributed by atoms with Gasteiger partial charge < -0.3 is 9.31 Å². The van der Waals surface area contributed by atoms with Crippen molar-refractivity contribution in [2.75, 3.05) is 5.75 Å². The van der Waals surface area contributed by atoms with Crippen LogP contribution in [0.4, 0.5) is 0 Å². The molecule has 1 saturated heterocycles. The Labute approximate surface area is 133 Å². The Kier molecular flexibility index (Phi) is 4.71. The summed E-state index contributed by atoms with van der Waals surface area (Å²) >= 11 is 4.44. The maximum atomic E-state index is 6.10. The molecule has 0 spiro atoms. The van der Waals surface area contributed by atoms with Gasteiger partial charge in [0, 0.05) is 5.75 Å². The van der Waals surface area contributed by atoms with Crippen LogP contribution in [0.25, 0.3) is 12.2 Å². The summed E-state index contributed by atoms with van der Waals surface area (Å²) in [7, 11) is -0.356. The lowest BCUT2D eigenvalue weighted by molar-refractivity contribution is 0.00578. The van der Waals surface area contributed by atoms with Crippen molar-refractivity contribution >= 4 is 31.9 Å². The highest BCUT2D eigenvalue weighted by molar-refractivity contribution is 7.80. The van der Waals surface area contributed by atoms with Gasteiger partial charge in [0.2, 0.25) is 0 Å². The lowest BCUT2D eigenvalue weighted by atomic mass is 9.78. The van der Waals surface area contributed by atoms with E-state index in [-0.39, 0.29) is 18.3 Å². The first-order valence-corrected chi connectivity index (χ1v) is 7.82. The molecule has 0 atom stereocenters. The van der Waals surface area contributed by atoms with Gasteiger partial charge in [0.05, 0.1) is 11.2 Å². The Morgan fingerprint density at radius 3 is 2.14 bits per heavy atom. The fourth-order valence-corrected chi connectivity index (χ4v) is 2.45. The Morgan fingerprint density at radius 1 is 1.14 bits per heavy atom. The van der Waals surface area contributed by atoms with E-state index < -0.39 is 0 Å². The minimum Gasteiger partial charge on any atom is -0.400 e. The summed E-state index contributed by atoms with van der Waals surface area (Å²) in [5, 5.41) is 0. The number of thiol groups is 1. The van der Waals surface area contributed by atoms with Crippen LogP contribution in [0.1, 0.15) is 38.8 Å². The van der Waals surface area contributed by atoms with Crippen LogP contribution in [0.3, 0.4) is 0 Å². The predicted molar refractivity (Wildman–Crippen MR) is 94.4 cm³/mol. The van der Waals surface area contributed by atoms with Crippen LogP contribution in [0, 0.1) is 0 Å². The minimum absolute atomic E-state index is 0.336. The fourth-order valence-electron chi connectivity index (χ4n) is 2.21. The summed E-state index contributed by atoms with van der Waals surface area (Å²) in [6.45, 7) is 12.1. The van der Waals surface area contributed by atoms with Gasteiger partial charge in [-0.1, -0.05) is 43.0 Å². The van der Waals surface area contributed by atoms with E-state index >= 15 is 0 Å². The maximum Gasteiger partial charge on any atom is 0.491 e. The smallest absolute Gasteiger partial charge is 0.400 e. The van der Waals surface area contributed by atoms with Crippen LogP contribution >= 0.6 is 12.6 Å². The van der Waals surface area contributed by atoms with Gasteiger partial charge in [-0.25, -0.2) is 0 Å². The van der Waals surface area contributed by atoms with E-state index in [4.69, 9.17) is 9.31 Å². The first-order chi connectivity index (χ1) is 9.80. The van der Waals surface area contributed by atoms with Crippen LogP contribution in [0.15, 0.2) is 36.3 Å². The van der Waals surface area contributed by atoms with Crippen molar-refractivity contribution < 1.29 is 9.31 Å². The van der Waals surface area contributed by atoms with Crippen molar-refractivity contribution in [3.63, 3.8) is 0 Å². The Bertz CT molecular complexity index is 548. The third-order valence-corrected chi connectivity index (χ3v) is 4.66. The van der Waals surface area contributed by atoms with Crippen molar-refractivity contribution in [3.05, 3.63) is 47.4 Å². The number of hydrogen-bond acceptors (Lipinski definition) is 3. The topological polar surface area (TPSA) is 18.5 Å². The second kappa shape index (κ2) is 6.03. The zero-order valence-electron chi connectivity index (χ0n) is 13.2. The molecule has 0 unspecified atom stereocenters. The van der Waals surface area contributed by atoms with Crippen LogP contribution in [-0.4, -0.2) is 24.1 Å². The summed E-state index contributed by atoms with van der Waals surface area (Å²) in [5.74, 6) is 0.586. The van der Waals surface area contributed by atoms with Crippen molar-refractivity contribution in [2.24, 2.45) is 0 Å². The summed E-state index contributed by atoms with van der Waals surface area (Å²) < 4.78 is 12.2. The first kappa shape index (κ1) is 16.4. The van der Waals surface area contributed by atoms with Crippen molar-refractivity contribution in [3.8, 4) is 0 Å². The molecule has 112 valence electrons. The monoisotopic (exact) mass is 302 g/mol. The summed E-state index contributed by atoms with van der Waals surface area (Å²) in [5.41, 5.74) is 2.54. The highest BCUT2D eigenvalue weighted by Gasteiger charge is 2.52. The van der Waals surface area contributed by atoms with E-state index in [1.807, 2.05) is 24.3 Å². The van der Waals surface area contributed by atoms with E-state index in [0.29, 0.717) is 5.75 Å². The highest BCUT2D eigenvalue weighted by atomic mass is 32.1. The molecule has 1 aliphatic heterocycles. The summed E-state index contributed by atoms with van der Waals surface area (Å²) in [4.78, 5) is 0. The van der Waals surface area contributed by atoms with E-state index in [1.54, 1.807) is 0 Å². The molecule has 2 rings (SSSR count). The first-order valence-electron chi connectivity index (χ1n) is 7.19. The Morgan fingerprint density at radius 2 is 1.67 bits per heavy atom. The SMILES string of the molecule is C=Cc1ccccc1C=C(CS)B1OC(C)(C)C(C)(C)O1. The Balaban J connectivity index is 2.33. The molecular formula is C17H23BO2S. The van der Waals surface area contributed by atoms with Crippen molar-refractivity contribution in [1.29, 1.82) is 0 Å². The largest absolute Gasteiger partial charge is 0.491 e. The molecular weight excluding hydrogens is 279 g/mol. The van der Waals surface area contributed by atoms with Crippen LogP contribution in [0.2, 0.25) is 0 Å². The normalized spacial score (nSPS) is 20.6. The lowest BCUT2D eigenvalue weighted by Crippen LogP contribution is -2.41. The van der Waals surface area contributed by atoms with Crippen molar-refractivity contribution in [2.45, 2.75) is 38.9 Å². The molecule has 0 bridgehead atoms. The van der Waals surface area contributed by atoms with E-state index in [2.05, 4.69) is 59.0 Å². The molecule has 0 radical (unpaired) electrons. The predicted octanol–water partition coefficient (Wildman–Crippen LogP) is 4.27. The van der Waals surface area contributed by atoms with Gasteiger partial charge in [0.25, 0.3) is 0 Å². The van der Waals surface area contributed by atoms with Gasteiger partial charge in [-0.05, 0) is 44.3 Å². The highest BCUT2D eigenvalue weighted by Crippen LogP contribution is 2.39. The summed E-state index contributed by atoms with van der Waals surface area (Å²) in [6.07, 6.45) is 3.94. The maximum absolute atomic E-state index is 6.10. The average Bonchev–Trinajstić information content (AvgIpc) is 2.65. The van der Waals surface area contributed by atoms with Gasteiger partial charge in [0.1, 0.15) is 0 Å². The molecule has 0 N–H and O–H groups in total. The lowest BCUT2D eigenvalue weighted by Gasteiger charge is -2.32. The van der Waals surface area contributed by atoms with Gasteiger partial charge in [-0.2, -0.15) is 12.6 Å².